The average molecular weight is 176 g/mol. The van der Waals surface area contributed by atoms with E-state index in [1.54, 1.807) is 0 Å². The first kappa shape index (κ1) is 10.2. The van der Waals surface area contributed by atoms with E-state index in [0.29, 0.717) is 0 Å². The summed E-state index contributed by atoms with van der Waals surface area (Å²) in [5.74, 6) is 2.92. The standard InChI is InChI=1S/C10H17BN2/c1-2-3-4-5-9-12-10-7-6-8-11-13-10/h6-8H,2-5,9H2,1H3,(H,12,13). The Labute approximate surface area is 81.0 Å². The van der Waals surface area contributed by atoms with Gasteiger partial charge in [-0.25, -0.2) is 0 Å². The van der Waals surface area contributed by atoms with Gasteiger partial charge in [0.2, 0.25) is 0 Å². The van der Waals surface area contributed by atoms with Gasteiger partial charge >= 0.3 is 80.3 Å². The van der Waals surface area contributed by atoms with Crippen LogP contribution >= 0.6 is 0 Å². The van der Waals surface area contributed by atoms with Crippen molar-refractivity contribution < 1.29 is 0 Å². The van der Waals surface area contributed by atoms with Crippen LogP contribution in [-0.4, -0.2) is 18.5 Å². The van der Waals surface area contributed by atoms with Gasteiger partial charge in [0.05, 0.1) is 0 Å². The van der Waals surface area contributed by atoms with Gasteiger partial charge in [-0.2, -0.15) is 0 Å². The van der Waals surface area contributed by atoms with Crippen molar-refractivity contribution in [2.75, 3.05) is 11.9 Å². The maximum absolute atomic E-state index is 4.19. The molecule has 1 aromatic rings. The Hall–Kier alpha value is -0.855. The number of nitrogens with zero attached hydrogens (tertiary/aromatic N) is 1. The summed E-state index contributed by atoms with van der Waals surface area (Å²) >= 11 is 0. The number of rotatable bonds is 6. The topological polar surface area (TPSA) is 24.9 Å². The van der Waals surface area contributed by atoms with E-state index in [9.17, 15) is 0 Å². The van der Waals surface area contributed by atoms with Gasteiger partial charge in [-0.3, -0.25) is 0 Å². The van der Waals surface area contributed by atoms with Crippen molar-refractivity contribution in [2.45, 2.75) is 32.6 Å². The Bertz CT molecular complexity index is 213. The van der Waals surface area contributed by atoms with Crippen LogP contribution in [0.4, 0.5) is 5.82 Å². The number of nitrogens with one attached hydrogen (secondary N) is 1. The fourth-order valence-electron chi connectivity index (χ4n) is 1.24. The summed E-state index contributed by atoms with van der Waals surface area (Å²) in [6.45, 7) is 3.27. The van der Waals surface area contributed by atoms with Gasteiger partial charge in [0, 0.05) is 0 Å². The molecular weight excluding hydrogens is 159 g/mol. The van der Waals surface area contributed by atoms with Crippen LogP contribution in [-0.2, 0) is 0 Å². The van der Waals surface area contributed by atoms with Crippen LogP contribution in [0.5, 0.6) is 0 Å². The summed E-state index contributed by atoms with van der Waals surface area (Å²) in [5, 5.41) is 3.29. The monoisotopic (exact) mass is 176 g/mol. The molecule has 0 aromatic carbocycles. The van der Waals surface area contributed by atoms with Gasteiger partial charge in [0.15, 0.2) is 0 Å². The van der Waals surface area contributed by atoms with E-state index < -0.39 is 0 Å². The molecule has 0 spiro atoms. The van der Waals surface area contributed by atoms with E-state index in [4.69, 9.17) is 0 Å². The van der Waals surface area contributed by atoms with Gasteiger partial charge in [0.25, 0.3) is 0 Å². The number of hydrogen-bond acceptors (Lipinski definition) is 2. The Morgan fingerprint density at radius 1 is 1.38 bits per heavy atom. The van der Waals surface area contributed by atoms with E-state index in [1.165, 1.54) is 25.7 Å². The van der Waals surface area contributed by atoms with E-state index >= 15 is 0 Å². The summed E-state index contributed by atoms with van der Waals surface area (Å²) in [6, 6.07) is 4.00. The van der Waals surface area contributed by atoms with Gasteiger partial charge in [-0.1, -0.05) is 0 Å². The second kappa shape index (κ2) is 6.64. The van der Waals surface area contributed by atoms with Gasteiger partial charge in [-0.15, -0.1) is 0 Å². The SMILES string of the molecule is CCCCCCNc1cccbn1. The molecule has 0 unspecified atom stereocenters. The van der Waals surface area contributed by atoms with E-state index in [1.807, 2.05) is 25.1 Å². The molecule has 0 atom stereocenters. The van der Waals surface area contributed by atoms with Crippen molar-refractivity contribution in [1.29, 1.82) is 0 Å². The van der Waals surface area contributed by atoms with E-state index in [2.05, 4.69) is 17.1 Å². The third kappa shape index (κ3) is 4.66. The number of aromatic nitrogens is 1. The molecule has 0 saturated heterocycles. The zero-order valence-electron chi connectivity index (χ0n) is 8.29. The maximum atomic E-state index is 4.19. The fraction of sp³-hybridized carbons (Fsp3) is 0.600. The van der Waals surface area contributed by atoms with E-state index in [0.717, 1.165) is 12.4 Å². The molecule has 1 N–H and O–H groups in total. The third-order valence-electron chi connectivity index (χ3n) is 2.00. The Morgan fingerprint density at radius 3 is 3.00 bits per heavy atom. The predicted octanol–water partition coefficient (Wildman–Crippen LogP) is 2.41. The van der Waals surface area contributed by atoms with Crippen molar-refractivity contribution in [1.82, 2.24) is 4.89 Å². The molecule has 70 valence electrons. The first-order chi connectivity index (χ1) is 6.43. The molecule has 1 rings (SSSR count). The Morgan fingerprint density at radius 2 is 2.31 bits per heavy atom. The van der Waals surface area contributed by atoms with Crippen molar-refractivity contribution in [3.63, 3.8) is 0 Å². The molecule has 0 amide bonds. The zero-order valence-corrected chi connectivity index (χ0v) is 8.29. The van der Waals surface area contributed by atoms with Crippen molar-refractivity contribution in [3.05, 3.63) is 18.1 Å². The Balaban J connectivity index is 2.07. The van der Waals surface area contributed by atoms with Crippen LogP contribution in [0.3, 0.4) is 0 Å². The molecule has 2 nitrogen and oxygen atoms in total. The molecule has 1 aromatic heterocycles. The van der Waals surface area contributed by atoms with Crippen molar-refractivity contribution in [2.24, 2.45) is 0 Å². The van der Waals surface area contributed by atoms with Crippen molar-refractivity contribution >= 4 is 12.9 Å². The third-order valence-corrected chi connectivity index (χ3v) is 2.00. The molecule has 0 aliphatic carbocycles. The van der Waals surface area contributed by atoms with Gasteiger partial charge in [0.1, 0.15) is 0 Å². The van der Waals surface area contributed by atoms with Crippen LogP contribution < -0.4 is 5.32 Å². The zero-order chi connectivity index (χ0) is 9.36. The first-order valence-corrected chi connectivity index (χ1v) is 5.08. The number of hydrogen-bond donors (Lipinski definition) is 1. The number of unbranched alkanes of at least 4 members (excludes halogenated alkanes) is 3. The summed E-state index contributed by atoms with van der Waals surface area (Å²) < 4.78 is 0. The molecule has 3 heteroatoms. The second-order valence-electron chi connectivity index (χ2n) is 3.20. The molecule has 0 aliphatic heterocycles. The summed E-state index contributed by atoms with van der Waals surface area (Å²) in [4.78, 5) is 4.19. The molecular formula is C10H17BN2. The van der Waals surface area contributed by atoms with E-state index in [-0.39, 0.29) is 0 Å². The van der Waals surface area contributed by atoms with Crippen LogP contribution in [0.15, 0.2) is 18.1 Å². The molecule has 0 saturated carbocycles. The summed E-state index contributed by atoms with van der Waals surface area (Å²) in [6.07, 6.45) is 5.19. The quantitative estimate of drug-likeness (QED) is 0.673. The van der Waals surface area contributed by atoms with Crippen molar-refractivity contribution in [3.8, 4) is 0 Å². The van der Waals surface area contributed by atoms with Crippen LogP contribution in [0, 0.1) is 0 Å². The molecule has 0 fully saturated rings. The van der Waals surface area contributed by atoms with Gasteiger partial charge in [-0.05, 0) is 0 Å². The van der Waals surface area contributed by atoms with Crippen LogP contribution in [0.1, 0.15) is 32.6 Å². The molecule has 1 heterocycles. The van der Waals surface area contributed by atoms with Crippen LogP contribution in [0.25, 0.3) is 0 Å². The summed E-state index contributed by atoms with van der Waals surface area (Å²) in [7, 11) is 1.81. The minimum atomic E-state index is 0.985. The minimum absolute atomic E-state index is 0.985. The normalized spacial score (nSPS) is 9.62. The number of anilines is 1. The average Bonchev–Trinajstić information content (AvgIpc) is 2.19. The fourth-order valence-corrected chi connectivity index (χ4v) is 1.24. The molecule has 0 radical (unpaired) electrons. The summed E-state index contributed by atoms with van der Waals surface area (Å²) in [5.41, 5.74) is 0. The Kier molecular flexibility index (Phi) is 5.22. The predicted molar refractivity (Wildman–Crippen MR) is 58.2 cm³/mol. The molecule has 0 aliphatic rings. The molecule has 13 heavy (non-hydrogen) atoms. The van der Waals surface area contributed by atoms with Gasteiger partial charge < -0.3 is 0 Å². The van der Waals surface area contributed by atoms with Crippen LogP contribution in [0.2, 0.25) is 0 Å². The first-order valence-electron chi connectivity index (χ1n) is 5.08. The molecule has 0 bridgehead atoms. The second-order valence-corrected chi connectivity index (χ2v) is 3.20.